The molecule has 1 aliphatic rings. The van der Waals surface area contributed by atoms with Crippen LogP contribution < -0.4 is 16.2 Å². The summed E-state index contributed by atoms with van der Waals surface area (Å²) in [6.07, 6.45) is 4.18. The Bertz CT molecular complexity index is 675. The van der Waals surface area contributed by atoms with Crippen LogP contribution in [0, 0.1) is 0 Å². The van der Waals surface area contributed by atoms with E-state index in [4.69, 9.17) is 0 Å². The zero-order chi connectivity index (χ0) is 13.9. The summed E-state index contributed by atoms with van der Waals surface area (Å²) < 4.78 is 1.58. The SMILES string of the molecule is O=C1CCC(CCNCc2nn3cccc3c(=O)[nH]2)N1. The van der Waals surface area contributed by atoms with Crippen molar-refractivity contribution in [3.8, 4) is 0 Å². The Kier molecular flexibility index (Phi) is 3.51. The summed E-state index contributed by atoms with van der Waals surface area (Å²) in [6, 6.07) is 3.79. The van der Waals surface area contributed by atoms with Crippen LogP contribution in [0.2, 0.25) is 0 Å². The van der Waals surface area contributed by atoms with E-state index in [9.17, 15) is 9.59 Å². The Morgan fingerprint density at radius 3 is 3.15 bits per heavy atom. The summed E-state index contributed by atoms with van der Waals surface area (Å²) >= 11 is 0. The Hall–Kier alpha value is -2.15. The predicted molar refractivity (Wildman–Crippen MR) is 73.3 cm³/mol. The second kappa shape index (κ2) is 5.46. The Morgan fingerprint density at radius 2 is 2.35 bits per heavy atom. The van der Waals surface area contributed by atoms with Gasteiger partial charge < -0.3 is 15.6 Å². The molecular formula is C13H17N5O2. The maximum Gasteiger partial charge on any atom is 0.275 e. The normalized spacial score (nSPS) is 18.6. The molecule has 1 atom stereocenters. The summed E-state index contributed by atoms with van der Waals surface area (Å²) in [5.74, 6) is 0.744. The molecule has 20 heavy (non-hydrogen) atoms. The minimum atomic E-state index is -0.134. The molecule has 0 bridgehead atoms. The predicted octanol–water partition coefficient (Wildman–Crippen LogP) is -0.219. The van der Waals surface area contributed by atoms with Crippen LogP contribution in [0.1, 0.15) is 25.1 Å². The fourth-order valence-electron chi connectivity index (χ4n) is 2.45. The summed E-state index contributed by atoms with van der Waals surface area (Å²) in [5.41, 5.74) is 0.410. The van der Waals surface area contributed by atoms with Gasteiger partial charge in [0.25, 0.3) is 5.56 Å². The molecule has 3 N–H and O–H groups in total. The first-order chi connectivity index (χ1) is 9.72. The molecule has 0 saturated carbocycles. The Morgan fingerprint density at radius 1 is 1.45 bits per heavy atom. The zero-order valence-electron chi connectivity index (χ0n) is 11.1. The van der Waals surface area contributed by atoms with Gasteiger partial charge in [0.05, 0.1) is 6.54 Å². The molecule has 7 heteroatoms. The molecule has 1 aliphatic heterocycles. The lowest BCUT2D eigenvalue weighted by Crippen LogP contribution is -2.30. The standard InChI is InChI=1S/C13H17N5O2/c19-12-4-3-9(15-12)5-6-14-8-11-16-13(20)10-2-1-7-18(10)17-11/h1-2,7,9,14H,3-6,8H2,(H,15,19)(H,16,17,20). The van der Waals surface area contributed by atoms with Gasteiger partial charge in [-0.25, -0.2) is 4.52 Å². The first-order valence-electron chi connectivity index (χ1n) is 6.79. The molecule has 1 amide bonds. The van der Waals surface area contributed by atoms with E-state index in [1.165, 1.54) is 0 Å². The van der Waals surface area contributed by atoms with Gasteiger partial charge in [-0.2, -0.15) is 5.10 Å². The highest BCUT2D eigenvalue weighted by atomic mass is 16.2. The van der Waals surface area contributed by atoms with E-state index in [0.29, 0.717) is 24.3 Å². The monoisotopic (exact) mass is 275 g/mol. The fourth-order valence-corrected chi connectivity index (χ4v) is 2.45. The number of hydrogen-bond donors (Lipinski definition) is 3. The largest absolute Gasteiger partial charge is 0.353 e. The zero-order valence-corrected chi connectivity index (χ0v) is 11.1. The highest BCUT2D eigenvalue weighted by Crippen LogP contribution is 2.08. The van der Waals surface area contributed by atoms with Gasteiger partial charge in [-0.15, -0.1) is 0 Å². The third-order valence-electron chi connectivity index (χ3n) is 3.49. The Balaban J connectivity index is 1.52. The van der Waals surface area contributed by atoms with Crippen LogP contribution in [0.3, 0.4) is 0 Å². The highest BCUT2D eigenvalue weighted by Gasteiger charge is 2.19. The van der Waals surface area contributed by atoms with Gasteiger partial charge in [0.15, 0.2) is 0 Å². The second-order valence-electron chi connectivity index (χ2n) is 5.01. The first-order valence-corrected chi connectivity index (χ1v) is 6.79. The average molecular weight is 275 g/mol. The molecule has 1 fully saturated rings. The lowest BCUT2D eigenvalue weighted by atomic mass is 10.1. The van der Waals surface area contributed by atoms with Crippen LogP contribution >= 0.6 is 0 Å². The van der Waals surface area contributed by atoms with Crippen LogP contribution in [-0.4, -0.2) is 33.1 Å². The number of rotatable bonds is 5. The third kappa shape index (κ3) is 2.72. The summed E-state index contributed by atoms with van der Waals surface area (Å²) in [4.78, 5) is 25.6. The van der Waals surface area contributed by atoms with Gasteiger partial charge in [0.1, 0.15) is 11.3 Å². The fraction of sp³-hybridized carbons (Fsp3) is 0.462. The molecule has 1 saturated heterocycles. The smallest absolute Gasteiger partial charge is 0.275 e. The molecule has 0 aromatic carbocycles. The van der Waals surface area contributed by atoms with Gasteiger partial charge in [0.2, 0.25) is 5.91 Å². The molecule has 0 spiro atoms. The van der Waals surface area contributed by atoms with Crippen LogP contribution in [0.15, 0.2) is 23.1 Å². The third-order valence-corrected chi connectivity index (χ3v) is 3.49. The number of carbonyl (C=O) groups is 1. The number of H-pyrrole nitrogens is 1. The van der Waals surface area contributed by atoms with Crippen molar-refractivity contribution in [2.24, 2.45) is 0 Å². The van der Waals surface area contributed by atoms with E-state index in [1.807, 2.05) is 0 Å². The maximum absolute atomic E-state index is 11.7. The summed E-state index contributed by atoms with van der Waals surface area (Å²) in [7, 11) is 0. The molecule has 0 radical (unpaired) electrons. The molecule has 3 rings (SSSR count). The summed E-state index contributed by atoms with van der Waals surface area (Å²) in [6.45, 7) is 1.28. The van der Waals surface area contributed by atoms with Crippen molar-refractivity contribution >= 4 is 11.4 Å². The number of nitrogens with zero attached hydrogens (tertiary/aromatic N) is 2. The molecule has 3 heterocycles. The van der Waals surface area contributed by atoms with Crippen LogP contribution in [-0.2, 0) is 11.3 Å². The van der Waals surface area contributed by atoms with E-state index in [0.717, 1.165) is 19.4 Å². The number of carbonyl (C=O) groups excluding carboxylic acids is 1. The molecule has 7 nitrogen and oxygen atoms in total. The molecular weight excluding hydrogens is 258 g/mol. The molecule has 0 aliphatic carbocycles. The van der Waals surface area contributed by atoms with Crippen molar-refractivity contribution in [1.29, 1.82) is 0 Å². The number of nitrogens with one attached hydrogen (secondary N) is 3. The van der Waals surface area contributed by atoms with Crippen molar-refractivity contribution in [1.82, 2.24) is 25.2 Å². The van der Waals surface area contributed by atoms with E-state index in [-0.39, 0.29) is 17.5 Å². The van der Waals surface area contributed by atoms with Crippen molar-refractivity contribution < 1.29 is 4.79 Å². The average Bonchev–Trinajstić information content (AvgIpc) is 3.04. The summed E-state index contributed by atoms with van der Waals surface area (Å²) in [5, 5.41) is 10.5. The lowest BCUT2D eigenvalue weighted by Gasteiger charge is -2.10. The van der Waals surface area contributed by atoms with Crippen molar-refractivity contribution in [2.45, 2.75) is 31.8 Å². The van der Waals surface area contributed by atoms with Crippen LogP contribution in [0.25, 0.3) is 5.52 Å². The topological polar surface area (TPSA) is 91.3 Å². The number of aromatic nitrogens is 3. The van der Waals surface area contributed by atoms with Gasteiger partial charge in [-0.1, -0.05) is 0 Å². The van der Waals surface area contributed by atoms with Crippen molar-refractivity contribution in [2.75, 3.05) is 6.54 Å². The molecule has 1 unspecified atom stereocenters. The van der Waals surface area contributed by atoms with Crippen LogP contribution in [0.4, 0.5) is 0 Å². The van der Waals surface area contributed by atoms with Crippen molar-refractivity contribution in [3.63, 3.8) is 0 Å². The highest BCUT2D eigenvalue weighted by molar-refractivity contribution is 5.78. The van der Waals surface area contributed by atoms with E-state index in [1.54, 1.807) is 22.8 Å². The number of fused-ring (bicyclic) bond motifs is 1. The number of hydrogen-bond acceptors (Lipinski definition) is 4. The molecule has 2 aromatic rings. The maximum atomic E-state index is 11.7. The van der Waals surface area contributed by atoms with Gasteiger partial charge in [-0.05, 0) is 31.5 Å². The van der Waals surface area contributed by atoms with E-state index in [2.05, 4.69) is 20.7 Å². The molecule has 2 aromatic heterocycles. The number of amides is 1. The van der Waals surface area contributed by atoms with Gasteiger partial charge in [0, 0.05) is 18.7 Å². The molecule has 106 valence electrons. The van der Waals surface area contributed by atoms with Crippen molar-refractivity contribution in [3.05, 3.63) is 34.5 Å². The second-order valence-corrected chi connectivity index (χ2v) is 5.01. The van der Waals surface area contributed by atoms with E-state index >= 15 is 0 Å². The van der Waals surface area contributed by atoms with Gasteiger partial charge in [-0.3, -0.25) is 9.59 Å². The first kappa shape index (κ1) is 12.9. The lowest BCUT2D eigenvalue weighted by molar-refractivity contribution is -0.119. The minimum Gasteiger partial charge on any atom is -0.353 e. The quantitative estimate of drug-likeness (QED) is 0.658. The van der Waals surface area contributed by atoms with E-state index < -0.39 is 0 Å². The minimum absolute atomic E-state index is 0.134. The number of aromatic amines is 1. The Labute approximate surface area is 115 Å². The van der Waals surface area contributed by atoms with Crippen LogP contribution in [0.5, 0.6) is 0 Å². The van der Waals surface area contributed by atoms with Gasteiger partial charge >= 0.3 is 0 Å².